The number of nitrogens with one attached hydrogen (secondary N) is 1. The maximum atomic E-state index is 12.7. The van der Waals surface area contributed by atoms with Gasteiger partial charge >= 0.3 is 0 Å². The summed E-state index contributed by atoms with van der Waals surface area (Å²) in [6.45, 7) is 3.81. The van der Waals surface area contributed by atoms with Crippen LogP contribution in [0.25, 0.3) is 22.6 Å². The molecule has 1 N–H and O–H groups in total. The van der Waals surface area contributed by atoms with E-state index in [9.17, 15) is 14.9 Å². The van der Waals surface area contributed by atoms with Crippen molar-refractivity contribution in [3.05, 3.63) is 69.6 Å². The van der Waals surface area contributed by atoms with Crippen LogP contribution in [0.2, 0.25) is 0 Å². The number of nitro benzene ring substituents is 1. The number of non-ortho nitro benzene ring substituents is 1. The third kappa shape index (κ3) is 5.10. The molecule has 168 valence electrons. The van der Waals surface area contributed by atoms with Crippen LogP contribution in [0.5, 0.6) is 0 Å². The van der Waals surface area contributed by atoms with E-state index in [1.54, 1.807) is 24.4 Å². The first kappa shape index (κ1) is 22.6. The summed E-state index contributed by atoms with van der Waals surface area (Å²) < 4.78 is 1.86. The molecule has 4 aromatic rings. The van der Waals surface area contributed by atoms with Gasteiger partial charge in [0.15, 0.2) is 16.1 Å². The molecule has 0 saturated heterocycles. The van der Waals surface area contributed by atoms with Gasteiger partial charge in [-0.3, -0.25) is 14.9 Å². The fraction of sp³-hybridized carbons (Fsp3) is 0.182. The van der Waals surface area contributed by atoms with Crippen LogP contribution in [0.3, 0.4) is 0 Å². The lowest BCUT2D eigenvalue weighted by Crippen LogP contribution is -2.22. The van der Waals surface area contributed by atoms with Crippen LogP contribution < -0.4 is 5.32 Å². The summed E-state index contributed by atoms with van der Waals surface area (Å²) in [5.41, 5.74) is 3.29. The Kier molecular flexibility index (Phi) is 6.52. The smallest absolute Gasteiger partial charge is 0.270 e. The van der Waals surface area contributed by atoms with E-state index in [0.29, 0.717) is 21.5 Å². The van der Waals surface area contributed by atoms with E-state index in [-0.39, 0.29) is 11.6 Å². The Morgan fingerprint density at radius 1 is 1.18 bits per heavy atom. The Balaban J connectivity index is 1.42. The van der Waals surface area contributed by atoms with Crippen molar-refractivity contribution in [3.8, 4) is 22.6 Å². The second kappa shape index (κ2) is 9.51. The molecule has 0 radical (unpaired) electrons. The molecule has 0 aliphatic heterocycles. The average Bonchev–Trinajstić information content (AvgIpc) is 3.41. The van der Waals surface area contributed by atoms with E-state index >= 15 is 0 Å². The molecule has 33 heavy (non-hydrogen) atoms. The second-order valence-electron chi connectivity index (χ2n) is 7.33. The Labute approximate surface area is 198 Å². The van der Waals surface area contributed by atoms with Crippen LogP contribution in [-0.4, -0.2) is 35.8 Å². The second-order valence-corrected chi connectivity index (χ2v) is 9.49. The SMILES string of the molecule is Cc1ccc(-c2nnc(SC(C)C(=O)Nc3nc(-c4cccc([N+](=O)[O-])c4)cs3)n2C)cc1. The predicted molar refractivity (Wildman–Crippen MR) is 129 cm³/mol. The van der Waals surface area contributed by atoms with Crippen LogP contribution in [0, 0.1) is 17.0 Å². The minimum atomic E-state index is -0.450. The molecule has 1 atom stereocenters. The van der Waals surface area contributed by atoms with Crippen molar-refractivity contribution in [1.82, 2.24) is 19.7 Å². The number of benzene rings is 2. The van der Waals surface area contributed by atoms with Gasteiger partial charge in [-0.05, 0) is 13.8 Å². The monoisotopic (exact) mass is 480 g/mol. The zero-order valence-corrected chi connectivity index (χ0v) is 19.7. The molecule has 1 unspecified atom stereocenters. The van der Waals surface area contributed by atoms with Crippen molar-refractivity contribution in [3.63, 3.8) is 0 Å². The number of hydrogen-bond acceptors (Lipinski definition) is 8. The number of nitrogens with zero attached hydrogens (tertiary/aromatic N) is 5. The molecular weight excluding hydrogens is 460 g/mol. The molecule has 11 heteroatoms. The minimum Gasteiger partial charge on any atom is -0.305 e. The maximum absolute atomic E-state index is 12.7. The molecule has 0 saturated carbocycles. The highest BCUT2D eigenvalue weighted by Gasteiger charge is 2.21. The van der Waals surface area contributed by atoms with Crippen molar-refractivity contribution in [1.29, 1.82) is 0 Å². The summed E-state index contributed by atoms with van der Waals surface area (Å²) in [7, 11) is 1.87. The largest absolute Gasteiger partial charge is 0.305 e. The number of carbonyl (C=O) groups is 1. The van der Waals surface area contributed by atoms with E-state index in [4.69, 9.17) is 0 Å². The number of hydrogen-bond donors (Lipinski definition) is 1. The first-order valence-corrected chi connectivity index (χ1v) is 11.7. The van der Waals surface area contributed by atoms with Gasteiger partial charge in [0.1, 0.15) is 0 Å². The summed E-state index contributed by atoms with van der Waals surface area (Å²) in [4.78, 5) is 27.7. The molecule has 0 fully saturated rings. The fourth-order valence-electron chi connectivity index (χ4n) is 3.03. The zero-order chi connectivity index (χ0) is 23.5. The van der Waals surface area contributed by atoms with Crippen molar-refractivity contribution >= 4 is 39.8 Å². The molecule has 0 aliphatic carbocycles. The first-order valence-electron chi connectivity index (χ1n) is 9.96. The van der Waals surface area contributed by atoms with Crippen molar-refractivity contribution in [2.24, 2.45) is 7.05 Å². The standard InChI is InChI=1S/C22H20N6O3S2/c1-13-7-9-15(10-8-13)19-25-26-22(27(19)3)33-14(2)20(29)24-21-23-18(12-32-21)16-5-4-6-17(11-16)28(30)31/h4-12,14H,1-3H3,(H,23,24,29). The van der Waals surface area contributed by atoms with Crippen LogP contribution >= 0.6 is 23.1 Å². The third-order valence-corrected chi connectivity index (χ3v) is 6.77. The van der Waals surface area contributed by atoms with Crippen molar-refractivity contribution < 1.29 is 9.72 Å². The normalized spacial score (nSPS) is 11.8. The number of carbonyl (C=O) groups excluding carboxylic acids is 1. The van der Waals surface area contributed by atoms with Gasteiger partial charge in [0, 0.05) is 35.7 Å². The highest BCUT2D eigenvalue weighted by Crippen LogP contribution is 2.29. The van der Waals surface area contributed by atoms with Gasteiger partial charge in [-0.25, -0.2) is 4.98 Å². The van der Waals surface area contributed by atoms with E-state index in [0.717, 1.165) is 17.0 Å². The van der Waals surface area contributed by atoms with Crippen LogP contribution in [0.15, 0.2) is 59.1 Å². The number of thiazole rings is 1. The fourth-order valence-corrected chi connectivity index (χ4v) is 4.57. The molecule has 2 aromatic carbocycles. The lowest BCUT2D eigenvalue weighted by atomic mass is 10.1. The van der Waals surface area contributed by atoms with Gasteiger partial charge in [0.05, 0.1) is 15.9 Å². The average molecular weight is 481 g/mol. The number of thioether (sulfide) groups is 1. The minimum absolute atomic E-state index is 0.00945. The molecule has 0 spiro atoms. The molecule has 0 aliphatic rings. The van der Waals surface area contributed by atoms with Crippen molar-refractivity contribution in [2.75, 3.05) is 5.32 Å². The number of nitro groups is 1. The highest BCUT2D eigenvalue weighted by atomic mass is 32.2. The first-order chi connectivity index (χ1) is 15.8. The Morgan fingerprint density at radius 2 is 1.94 bits per heavy atom. The summed E-state index contributed by atoms with van der Waals surface area (Å²) in [5, 5.41) is 24.7. The third-order valence-electron chi connectivity index (χ3n) is 4.88. The van der Waals surface area contributed by atoms with Crippen molar-refractivity contribution in [2.45, 2.75) is 24.3 Å². The topological polar surface area (TPSA) is 116 Å². The van der Waals surface area contributed by atoms with E-state index < -0.39 is 10.2 Å². The molecule has 0 bridgehead atoms. The highest BCUT2D eigenvalue weighted by molar-refractivity contribution is 8.00. The molecule has 2 heterocycles. The predicted octanol–water partition coefficient (Wildman–Crippen LogP) is 4.94. The molecular formula is C22H20N6O3S2. The molecule has 2 aromatic heterocycles. The zero-order valence-electron chi connectivity index (χ0n) is 18.1. The molecule has 4 rings (SSSR count). The summed E-state index contributed by atoms with van der Waals surface area (Å²) in [6, 6.07) is 14.2. The summed E-state index contributed by atoms with van der Waals surface area (Å²) in [5.74, 6) is 0.506. The molecule has 1 amide bonds. The number of rotatable bonds is 7. The van der Waals surface area contributed by atoms with Gasteiger partial charge in [0.2, 0.25) is 5.91 Å². The van der Waals surface area contributed by atoms with Gasteiger partial charge in [0.25, 0.3) is 5.69 Å². The number of amides is 1. The molecule has 9 nitrogen and oxygen atoms in total. The Hall–Kier alpha value is -3.57. The van der Waals surface area contributed by atoms with Gasteiger partial charge < -0.3 is 9.88 Å². The quantitative estimate of drug-likeness (QED) is 0.226. The van der Waals surface area contributed by atoms with E-state index in [1.165, 1.54) is 35.2 Å². The summed E-state index contributed by atoms with van der Waals surface area (Å²) in [6.07, 6.45) is 0. The Bertz CT molecular complexity index is 1320. The number of anilines is 1. The van der Waals surface area contributed by atoms with Gasteiger partial charge in [-0.15, -0.1) is 21.5 Å². The maximum Gasteiger partial charge on any atom is 0.270 e. The summed E-state index contributed by atoms with van der Waals surface area (Å²) >= 11 is 2.56. The van der Waals surface area contributed by atoms with Crippen LogP contribution in [-0.2, 0) is 11.8 Å². The lowest BCUT2D eigenvalue weighted by Gasteiger charge is -2.10. The Morgan fingerprint density at radius 3 is 2.67 bits per heavy atom. The van der Waals surface area contributed by atoms with E-state index in [1.807, 2.05) is 42.8 Å². The van der Waals surface area contributed by atoms with Gasteiger partial charge in [-0.2, -0.15) is 0 Å². The number of aromatic nitrogens is 4. The van der Waals surface area contributed by atoms with Crippen LogP contribution in [0.1, 0.15) is 12.5 Å². The van der Waals surface area contributed by atoms with E-state index in [2.05, 4.69) is 20.5 Å². The number of aryl methyl sites for hydroxylation is 1. The lowest BCUT2D eigenvalue weighted by molar-refractivity contribution is -0.384. The van der Waals surface area contributed by atoms with Crippen LogP contribution in [0.4, 0.5) is 10.8 Å². The van der Waals surface area contributed by atoms with Gasteiger partial charge in [-0.1, -0.05) is 53.7 Å².